The highest BCUT2D eigenvalue weighted by atomic mass is 32.1. The zero-order valence-electron chi connectivity index (χ0n) is 15.7. The fourth-order valence-corrected chi connectivity index (χ4v) is 3.68. The number of nitrogens with one attached hydrogen (secondary N) is 1. The van der Waals surface area contributed by atoms with E-state index in [1.165, 1.54) is 12.1 Å². The number of hydrogen-bond donors (Lipinski definition) is 1. The molecule has 1 atom stereocenters. The molecule has 28 heavy (non-hydrogen) atoms. The molecule has 8 heteroatoms. The number of rotatable bonds is 6. The summed E-state index contributed by atoms with van der Waals surface area (Å²) in [5, 5.41) is 3.75. The van der Waals surface area contributed by atoms with Crippen molar-refractivity contribution in [1.29, 1.82) is 0 Å². The van der Waals surface area contributed by atoms with E-state index < -0.39 is 6.61 Å². The van der Waals surface area contributed by atoms with Crippen molar-refractivity contribution in [3.05, 3.63) is 48.0 Å². The minimum atomic E-state index is -2.84. The Morgan fingerprint density at radius 3 is 2.46 bits per heavy atom. The first-order chi connectivity index (χ1) is 13.5. The van der Waals surface area contributed by atoms with E-state index in [1.807, 2.05) is 18.2 Å². The van der Waals surface area contributed by atoms with Crippen molar-refractivity contribution in [2.45, 2.75) is 25.5 Å². The summed E-state index contributed by atoms with van der Waals surface area (Å²) in [6.07, 6.45) is 1.95. The van der Waals surface area contributed by atoms with Crippen LogP contribution in [-0.4, -0.2) is 37.4 Å². The Labute approximate surface area is 168 Å². The molecule has 0 aromatic heterocycles. The van der Waals surface area contributed by atoms with Gasteiger partial charge in [0.2, 0.25) is 0 Å². The van der Waals surface area contributed by atoms with Crippen molar-refractivity contribution >= 4 is 23.0 Å². The van der Waals surface area contributed by atoms with E-state index in [-0.39, 0.29) is 11.8 Å². The molecule has 0 spiro atoms. The Morgan fingerprint density at radius 2 is 1.82 bits per heavy atom. The molecule has 5 nitrogen and oxygen atoms in total. The highest BCUT2D eigenvalue weighted by Gasteiger charge is 2.30. The van der Waals surface area contributed by atoms with Gasteiger partial charge in [-0.15, -0.1) is 0 Å². The molecule has 2 aromatic carbocycles. The normalized spacial score (nSPS) is 16.2. The minimum absolute atomic E-state index is 0.0855. The maximum Gasteiger partial charge on any atom is 0.387 e. The van der Waals surface area contributed by atoms with E-state index in [0.717, 1.165) is 36.4 Å². The van der Waals surface area contributed by atoms with Gasteiger partial charge in [-0.2, -0.15) is 8.78 Å². The number of likely N-dealkylation sites (tertiary alicyclic amines) is 1. The summed E-state index contributed by atoms with van der Waals surface area (Å²) in [5.74, 6) is 1.60. The monoisotopic (exact) mass is 408 g/mol. The average molecular weight is 408 g/mol. The summed E-state index contributed by atoms with van der Waals surface area (Å²) in [6.45, 7) is -2.03. The summed E-state index contributed by atoms with van der Waals surface area (Å²) in [7, 11) is 3.25. The zero-order chi connectivity index (χ0) is 20.1. The van der Waals surface area contributed by atoms with Crippen LogP contribution in [0.15, 0.2) is 42.5 Å². The lowest BCUT2D eigenvalue weighted by molar-refractivity contribution is -0.0498. The summed E-state index contributed by atoms with van der Waals surface area (Å²) in [5.41, 5.74) is 1.75. The van der Waals surface area contributed by atoms with Crippen LogP contribution in [-0.2, 0) is 0 Å². The van der Waals surface area contributed by atoms with Crippen molar-refractivity contribution in [3.8, 4) is 17.2 Å². The molecule has 2 aromatic rings. The number of halogens is 2. The Morgan fingerprint density at radius 1 is 1.11 bits per heavy atom. The van der Waals surface area contributed by atoms with Gasteiger partial charge in [0, 0.05) is 23.9 Å². The molecular weight excluding hydrogens is 386 g/mol. The quantitative estimate of drug-likeness (QED) is 0.690. The first-order valence-corrected chi connectivity index (χ1v) is 9.27. The lowest BCUT2D eigenvalue weighted by atomic mass is 10.0. The number of benzene rings is 2. The van der Waals surface area contributed by atoms with Crippen LogP contribution in [0.4, 0.5) is 14.5 Å². The van der Waals surface area contributed by atoms with E-state index in [0.29, 0.717) is 10.8 Å². The molecule has 1 N–H and O–H groups in total. The molecule has 3 rings (SSSR count). The van der Waals surface area contributed by atoms with E-state index in [2.05, 4.69) is 15.0 Å². The Kier molecular flexibility index (Phi) is 6.51. The zero-order valence-corrected chi connectivity index (χ0v) is 16.5. The molecule has 1 fully saturated rings. The van der Waals surface area contributed by atoms with Crippen molar-refractivity contribution in [1.82, 2.24) is 4.90 Å². The predicted molar refractivity (Wildman–Crippen MR) is 108 cm³/mol. The van der Waals surface area contributed by atoms with E-state index >= 15 is 0 Å². The molecule has 0 bridgehead atoms. The van der Waals surface area contributed by atoms with Crippen molar-refractivity contribution < 1.29 is 23.0 Å². The predicted octanol–water partition coefficient (Wildman–Crippen LogP) is 4.84. The Bertz CT molecular complexity index is 818. The second-order valence-electron chi connectivity index (χ2n) is 6.29. The summed E-state index contributed by atoms with van der Waals surface area (Å²) >= 11 is 5.60. The van der Waals surface area contributed by atoms with Crippen LogP contribution < -0.4 is 19.5 Å². The summed E-state index contributed by atoms with van der Waals surface area (Å²) < 4.78 is 39.7. The highest BCUT2D eigenvalue weighted by molar-refractivity contribution is 7.80. The Hall–Kier alpha value is -2.61. The van der Waals surface area contributed by atoms with Crippen LogP contribution >= 0.6 is 12.2 Å². The molecule has 1 saturated heterocycles. The number of ether oxygens (including phenoxy) is 3. The smallest absolute Gasteiger partial charge is 0.387 e. The molecule has 0 saturated carbocycles. The first-order valence-electron chi connectivity index (χ1n) is 8.86. The molecule has 1 heterocycles. The third kappa shape index (κ3) is 4.62. The van der Waals surface area contributed by atoms with Gasteiger partial charge >= 0.3 is 6.61 Å². The molecule has 0 unspecified atom stereocenters. The molecular formula is C20H22F2N2O3S. The molecule has 0 aliphatic carbocycles. The third-order valence-electron chi connectivity index (χ3n) is 4.64. The van der Waals surface area contributed by atoms with Crippen LogP contribution in [0, 0.1) is 0 Å². The highest BCUT2D eigenvalue weighted by Crippen LogP contribution is 2.39. The van der Waals surface area contributed by atoms with Gasteiger partial charge in [0.15, 0.2) is 5.11 Å². The van der Waals surface area contributed by atoms with E-state index in [1.54, 1.807) is 26.4 Å². The van der Waals surface area contributed by atoms with E-state index in [4.69, 9.17) is 21.7 Å². The summed E-state index contributed by atoms with van der Waals surface area (Å²) in [4.78, 5) is 2.11. The SMILES string of the molecule is COc1ccc([C@@H]2CCCN2C(=S)Nc2ccc(OC(F)F)cc2)c(OC)c1. The van der Waals surface area contributed by atoms with Crippen LogP contribution in [0.25, 0.3) is 0 Å². The number of thiocarbonyl (C=S) groups is 1. The van der Waals surface area contributed by atoms with Crippen LogP contribution in [0.3, 0.4) is 0 Å². The van der Waals surface area contributed by atoms with Crippen LogP contribution in [0.5, 0.6) is 17.2 Å². The average Bonchev–Trinajstić information content (AvgIpc) is 3.18. The molecule has 1 aliphatic rings. The van der Waals surface area contributed by atoms with Gasteiger partial charge in [-0.25, -0.2) is 0 Å². The second kappa shape index (κ2) is 9.05. The fourth-order valence-electron chi connectivity index (χ4n) is 3.34. The maximum absolute atomic E-state index is 12.3. The molecule has 0 radical (unpaired) electrons. The van der Waals surface area contributed by atoms with Gasteiger partial charge in [0.25, 0.3) is 0 Å². The number of methoxy groups -OCH3 is 2. The molecule has 150 valence electrons. The van der Waals surface area contributed by atoms with Gasteiger partial charge in [-0.1, -0.05) is 0 Å². The lowest BCUT2D eigenvalue weighted by Crippen LogP contribution is -2.34. The second-order valence-corrected chi connectivity index (χ2v) is 6.68. The topological polar surface area (TPSA) is 43.0 Å². The molecule has 1 aliphatic heterocycles. The Balaban J connectivity index is 1.73. The van der Waals surface area contributed by atoms with Crippen LogP contribution in [0.2, 0.25) is 0 Å². The minimum Gasteiger partial charge on any atom is -0.497 e. The third-order valence-corrected chi connectivity index (χ3v) is 4.98. The van der Waals surface area contributed by atoms with Gasteiger partial charge < -0.3 is 24.4 Å². The standard InChI is InChI=1S/C20H22F2N2O3S/c1-25-15-9-10-16(18(12-15)26-2)17-4-3-11-24(17)20(28)23-13-5-7-14(8-6-13)27-19(21)22/h5-10,12,17,19H,3-4,11H2,1-2H3,(H,23,28)/t17-/m0/s1. The van der Waals surface area contributed by atoms with Crippen molar-refractivity contribution in [3.63, 3.8) is 0 Å². The number of nitrogens with zero attached hydrogens (tertiary/aromatic N) is 1. The number of alkyl halides is 2. The number of hydrogen-bond acceptors (Lipinski definition) is 4. The van der Waals surface area contributed by atoms with Gasteiger partial charge in [0.05, 0.1) is 20.3 Å². The lowest BCUT2D eigenvalue weighted by Gasteiger charge is -2.29. The van der Waals surface area contributed by atoms with Crippen molar-refractivity contribution in [2.75, 3.05) is 26.1 Å². The largest absolute Gasteiger partial charge is 0.497 e. The first kappa shape index (κ1) is 20.1. The van der Waals surface area contributed by atoms with Gasteiger partial charge in [0.1, 0.15) is 17.2 Å². The fraction of sp³-hybridized carbons (Fsp3) is 0.350. The molecule has 0 amide bonds. The van der Waals surface area contributed by atoms with Gasteiger partial charge in [-0.3, -0.25) is 0 Å². The van der Waals surface area contributed by atoms with Crippen LogP contribution in [0.1, 0.15) is 24.4 Å². The van der Waals surface area contributed by atoms with Gasteiger partial charge in [-0.05, 0) is 61.5 Å². The van der Waals surface area contributed by atoms with E-state index in [9.17, 15) is 8.78 Å². The van der Waals surface area contributed by atoms with Crippen molar-refractivity contribution in [2.24, 2.45) is 0 Å². The maximum atomic E-state index is 12.3. The number of anilines is 1. The summed E-state index contributed by atoms with van der Waals surface area (Å²) in [6, 6.07) is 12.1.